The number of hydrogen-bond acceptors (Lipinski definition) is 1. The van der Waals surface area contributed by atoms with Crippen molar-refractivity contribution in [2.45, 2.75) is 58.3 Å². The smallest absolute Gasteiger partial charge is 0.126 e. The molecule has 1 rings (SSSR count). The topological polar surface area (TPSA) is 0 Å². The van der Waals surface area contributed by atoms with Crippen molar-refractivity contribution < 1.29 is 4.39 Å². The van der Waals surface area contributed by atoms with Gasteiger partial charge in [-0.15, -0.1) is 0 Å². The molecule has 0 fully saturated rings. The summed E-state index contributed by atoms with van der Waals surface area (Å²) in [5.74, 6) is 1.34. The normalized spacial score (nSPS) is 11.2. The maximum Gasteiger partial charge on any atom is 0.126 e. The van der Waals surface area contributed by atoms with Gasteiger partial charge in [-0.1, -0.05) is 45.2 Å². The molecule has 2 heteroatoms. The molecule has 0 N–H and O–H groups in total. The molecule has 0 heterocycles. The molecule has 0 aliphatic heterocycles. The zero-order valence-corrected chi connectivity index (χ0v) is 12.5. The molecule has 0 nitrogen and oxygen atoms in total. The number of thiol groups is 1. The second kappa shape index (κ2) is 8.58. The Labute approximate surface area is 116 Å². The Kier molecular flexibility index (Phi) is 7.41. The van der Waals surface area contributed by atoms with Crippen LogP contribution in [0.25, 0.3) is 0 Å². The summed E-state index contributed by atoms with van der Waals surface area (Å²) in [6, 6.07) is 5.71. The minimum Gasteiger partial charge on any atom is -0.207 e. The second-order valence-electron chi connectivity index (χ2n) is 5.25. The summed E-state index contributed by atoms with van der Waals surface area (Å²) < 4.78 is 13.8. The van der Waals surface area contributed by atoms with E-state index >= 15 is 0 Å². The molecule has 0 unspecified atom stereocenters. The SMILES string of the molecule is CC(C)c1ccc(CCCCCCCS)c(F)c1. The summed E-state index contributed by atoms with van der Waals surface area (Å²) in [7, 11) is 0. The number of unbranched alkanes of at least 4 members (excludes halogenated alkanes) is 4. The first-order valence-electron chi connectivity index (χ1n) is 7.04. The number of halogens is 1. The average Bonchev–Trinajstić information content (AvgIpc) is 2.35. The van der Waals surface area contributed by atoms with Crippen LogP contribution < -0.4 is 0 Å². The third-order valence-electron chi connectivity index (χ3n) is 3.35. The summed E-state index contributed by atoms with van der Waals surface area (Å²) in [6.45, 7) is 4.19. The zero-order valence-electron chi connectivity index (χ0n) is 11.6. The standard InChI is InChI=1S/C16H25FS/c1-13(2)15-10-9-14(16(17)12-15)8-6-4-3-5-7-11-18/h9-10,12-13,18H,3-8,11H2,1-2H3. The molecule has 0 aliphatic rings. The number of rotatable bonds is 8. The van der Waals surface area contributed by atoms with Crippen molar-refractivity contribution in [3.05, 3.63) is 35.1 Å². The lowest BCUT2D eigenvalue weighted by molar-refractivity contribution is 0.585. The van der Waals surface area contributed by atoms with Gasteiger partial charge in [0.1, 0.15) is 5.82 Å². The quantitative estimate of drug-likeness (QED) is 0.475. The molecule has 0 amide bonds. The number of aryl methyl sites for hydroxylation is 1. The molecule has 0 aromatic heterocycles. The summed E-state index contributed by atoms with van der Waals surface area (Å²) in [5, 5.41) is 0. The van der Waals surface area contributed by atoms with E-state index < -0.39 is 0 Å². The van der Waals surface area contributed by atoms with E-state index in [1.807, 2.05) is 6.07 Å². The first-order chi connectivity index (χ1) is 8.65. The Morgan fingerprint density at radius 2 is 1.72 bits per heavy atom. The predicted octanol–water partition coefficient (Wildman–Crippen LogP) is 5.37. The Morgan fingerprint density at radius 3 is 2.33 bits per heavy atom. The minimum absolute atomic E-state index is 0.0310. The fourth-order valence-electron chi connectivity index (χ4n) is 2.08. The molecule has 0 aliphatic carbocycles. The molecule has 0 radical (unpaired) electrons. The molecular weight excluding hydrogens is 243 g/mol. The van der Waals surface area contributed by atoms with E-state index in [9.17, 15) is 4.39 Å². The molecule has 18 heavy (non-hydrogen) atoms. The Bertz CT molecular complexity index is 347. The van der Waals surface area contributed by atoms with E-state index in [4.69, 9.17) is 0 Å². The van der Waals surface area contributed by atoms with Crippen LogP contribution >= 0.6 is 12.6 Å². The lowest BCUT2D eigenvalue weighted by Gasteiger charge is -2.08. The molecule has 0 bridgehead atoms. The van der Waals surface area contributed by atoms with Crippen molar-refractivity contribution in [2.75, 3.05) is 5.75 Å². The van der Waals surface area contributed by atoms with Crippen molar-refractivity contribution in [3.63, 3.8) is 0 Å². The molecule has 102 valence electrons. The van der Waals surface area contributed by atoms with Crippen LogP contribution in [0.1, 0.15) is 63.0 Å². The van der Waals surface area contributed by atoms with Crippen molar-refractivity contribution in [1.82, 2.24) is 0 Å². The Balaban J connectivity index is 2.34. The van der Waals surface area contributed by atoms with Crippen LogP contribution in [0.15, 0.2) is 18.2 Å². The lowest BCUT2D eigenvalue weighted by atomic mass is 9.99. The van der Waals surface area contributed by atoms with Crippen LogP contribution in [0.2, 0.25) is 0 Å². The van der Waals surface area contributed by atoms with E-state index in [1.165, 1.54) is 25.7 Å². The molecule has 0 atom stereocenters. The van der Waals surface area contributed by atoms with Gasteiger partial charge in [0.2, 0.25) is 0 Å². The maximum absolute atomic E-state index is 13.8. The third-order valence-corrected chi connectivity index (χ3v) is 3.66. The lowest BCUT2D eigenvalue weighted by Crippen LogP contribution is -1.95. The second-order valence-corrected chi connectivity index (χ2v) is 5.69. The van der Waals surface area contributed by atoms with Gasteiger partial charge in [0.25, 0.3) is 0 Å². The summed E-state index contributed by atoms with van der Waals surface area (Å²) >= 11 is 4.19. The van der Waals surface area contributed by atoms with E-state index in [1.54, 1.807) is 6.07 Å². The molecule has 0 saturated carbocycles. The van der Waals surface area contributed by atoms with Crippen molar-refractivity contribution in [3.8, 4) is 0 Å². The summed E-state index contributed by atoms with van der Waals surface area (Å²) in [4.78, 5) is 0. The fraction of sp³-hybridized carbons (Fsp3) is 0.625. The average molecular weight is 268 g/mol. The molecule has 0 spiro atoms. The van der Waals surface area contributed by atoms with Crippen LogP contribution in [0.5, 0.6) is 0 Å². The third kappa shape index (κ3) is 5.43. The molecule has 1 aromatic rings. The molecule has 1 aromatic carbocycles. The highest BCUT2D eigenvalue weighted by Gasteiger charge is 2.05. The zero-order chi connectivity index (χ0) is 13.4. The fourth-order valence-corrected chi connectivity index (χ4v) is 2.31. The number of benzene rings is 1. The highest BCUT2D eigenvalue weighted by atomic mass is 32.1. The molecular formula is C16H25FS. The van der Waals surface area contributed by atoms with Crippen LogP contribution in [-0.2, 0) is 6.42 Å². The monoisotopic (exact) mass is 268 g/mol. The Hall–Kier alpha value is -0.500. The van der Waals surface area contributed by atoms with E-state index in [0.29, 0.717) is 5.92 Å². The first-order valence-corrected chi connectivity index (χ1v) is 7.67. The Morgan fingerprint density at radius 1 is 1.06 bits per heavy atom. The minimum atomic E-state index is -0.0310. The van der Waals surface area contributed by atoms with Gasteiger partial charge in [0, 0.05) is 0 Å². The van der Waals surface area contributed by atoms with Crippen LogP contribution in [0.4, 0.5) is 4.39 Å². The first kappa shape index (κ1) is 15.6. The highest BCUT2D eigenvalue weighted by molar-refractivity contribution is 7.80. The van der Waals surface area contributed by atoms with Crippen LogP contribution in [0, 0.1) is 5.82 Å². The van der Waals surface area contributed by atoms with Gasteiger partial charge in [-0.05, 0) is 48.1 Å². The van der Waals surface area contributed by atoms with E-state index in [0.717, 1.165) is 29.7 Å². The van der Waals surface area contributed by atoms with Crippen molar-refractivity contribution in [1.29, 1.82) is 0 Å². The maximum atomic E-state index is 13.8. The molecule has 0 saturated heterocycles. The highest BCUT2D eigenvalue weighted by Crippen LogP contribution is 2.19. The van der Waals surface area contributed by atoms with Gasteiger partial charge in [0.05, 0.1) is 0 Å². The van der Waals surface area contributed by atoms with Crippen molar-refractivity contribution >= 4 is 12.6 Å². The van der Waals surface area contributed by atoms with Crippen LogP contribution in [-0.4, -0.2) is 5.75 Å². The summed E-state index contributed by atoms with van der Waals surface area (Å²) in [6.07, 6.45) is 6.83. The largest absolute Gasteiger partial charge is 0.207 e. The van der Waals surface area contributed by atoms with Gasteiger partial charge in [0.15, 0.2) is 0 Å². The van der Waals surface area contributed by atoms with Gasteiger partial charge in [-0.3, -0.25) is 0 Å². The van der Waals surface area contributed by atoms with Crippen LogP contribution in [0.3, 0.4) is 0 Å². The summed E-state index contributed by atoms with van der Waals surface area (Å²) in [5.41, 5.74) is 1.96. The van der Waals surface area contributed by atoms with E-state index in [-0.39, 0.29) is 5.82 Å². The number of hydrogen-bond donors (Lipinski definition) is 1. The van der Waals surface area contributed by atoms with Gasteiger partial charge >= 0.3 is 0 Å². The predicted molar refractivity (Wildman–Crippen MR) is 81.1 cm³/mol. The van der Waals surface area contributed by atoms with Gasteiger partial charge < -0.3 is 0 Å². The van der Waals surface area contributed by atoms with Gasteiger partial charge in [-0.25, -0.2) is 4.39 Å². The van der Waals surface area contributed by atoms with E-state index in [2.05, 4.69) is 32.5 Å². The van der Waals surface area contributed by atoms with Gasteiger partial charge in [-0.2, -0.15) is 12.6 Å². The van der Waals surface area contributed by atoms with Crippen molar-refractivity contribution in [2.24, 2.45) is 0 Å².